The molecule has 0 aliphatic carbocycles. The fourth-order valence-electron chi connectivity index (χ4n) is 2.80. The van der Waals surface area contributed by atoms with Gasteiger partial charge in [-0.2, -0.15) is 0 Å². The monoisotopic (exact) mass is 318 g/mol. The number of carbonyl (C=O) groups excluding carboxylic acids is 2. The summed E-state index contributed by atoms with van der Waals surface area (Å²) in [7, 11) is 3.99. The summed E-state index contributed by atoms with van der Waals surface area (Å²) >= 11 is 0. The van der Waals surface area contributed by atoms with Gasteiger partial charge in [-0.15, -0.1) is 0 Å². The SMILES string of the molecule is CN(C)c1ccc(CNC(=O)CN2CCC[C@@H](C(N)=O)C2)cc1. The van der Waals surface area contributed by atoms with E-state index in [1.54, 1.807) is 0 Å². The smallest absolute Gasteiger partial charge is 0.234 e. The van der Waals surface area contributed by atoms with Crippen molar-refractivity contribution in [2.75, 3.05) is 38.6 Å². The van der Waals surface area contributed by atoms with Crippen LogP contribution < -0.4 is 16.0 Å². The van der Waals surface area contributed by atoms with Crippen molar-refractivity contribution in [3.05, 3.63) is 29.8 Å². The van der Waals surface area contributed by atoms with Crippen molar-refractivity contribution in [3.8, 4) is 0 Å². The highest BCUT2D eigenvalue weighted by Gasteiger charge is 2.24. The lowest BCUT2D eigenvalue weighted by Gasteiger charge is -2.30. The number of nitrogens with one attached hydrogen (secondary N) is 1. The summed E-state index contributed by atoms with van der Waals surface area (Å²) in [5.74, 6) is -0.418. The molecule has 6 heteroatoms. The van der Waals surface area contributed by atoms with Gasteiger partial charge in [0.1, 0.15) is 0 Å². The van der Waals surface area contributed by atoms with E-state index in [1.807, 2.05) is 48.2 Å². The number of amides is 2. The van der Waals surface area contributed by atoms with Crippen LogP contribution in [0.2, 0.25) is 0 Å². The van der Waals surface area contributed by atoms with Crippen molar-refractivity contribution in [2.24, 2.45) is 11.7 Å². The molecule has 0 saturated carbocycles. The maximum Gasteiger partial charge on any atom is 0.234 e. The molecule has 1 aliphatic rings. The van der Waals surface area contributed by atoms with Crippen molar-refractivity contribution in [2.45, 2.75) is 19.4 Å². The minimum Gasteiger partial charge on any atom is -0.378 e. The van der Waals surface area contributed by atoms with Crippen LogP contribution in [0.1, 0.15) is 18.4 Å². The van der Waals surface area contributed by atoms with E-state index in [-0.39, 0.29) is 17.7 Å². The highest BCUT2D eigenvalue weighted by molar-refractivity contribution is 5.79. The molecule has 6 nitrogen and oxygen atoms in total. The molecule has 1 fully saturated rings. The number of carbonyl (C=O) groups is 2. The van der Waals surface area contributed by atoms with E-state index in [0.29, 0.717) is 19.6 Å². The van der Waals surface area contributed by atoms with E-state index >= 15 is 0 Å². The van der Waals surface area contributed by atoms with E-state index in [4.69, 9.17) is 5.73 Å². The van der Waals surface area contributed by atoms with Crippen molar-refractivity contribution >= 4 is 17.5 Å². The molecule has 1 atom stereocenters. The van der Waals surface area contributed by atoms with E-state index in [9.17, 15) is 9.59 Å². The average Bonchev–Trinajstić information content (AvgIpc) is 2.53. The minimum absolute atomic E-state index is 0.0215. The zero-order chi connectivity index (χ0) is 16.8. The molecule has 1 aromatic rings. The Balaban J connectivity index is 1.77. The van der Waals surface area contributed by atoms with E-state index < -0.39 is 0 Å². The molecule has 1 heterocycles. The lowest BCUT2D eigenvalue weighted by atomic mass is 9.97. The van der Waals surface area contributed by atoms with Gasteiger partial charge in [0.2, 0.25) is 11.8 Å². The summed E-state index contributed by atoms with van der Waals surface area (Å²) in [6.07, 6.45) is 1.73. The van der Waals surface area contributed by atoms with Gasteiger partial charge in [-0.25, -0.2) is 0 Å². The first-order chi connectivity index (χ1) is 11.0. The number of hydrogen-bond donors (Lipinski definition) is 2. The zero-order valence-electron chi connectivity index (χ0n) is 13.9. The molecule has 1 aromatic carbocycles. The predicted molar refractivity (Wildman–Crippen MR) is 91.0 cm³/mol. The minimum atomic E-state index is -0.268. The Morgan fingerprint density at radius 2 is 2.00 bits per heavy atom. The van der Waals surface area contributed by atoms with Gasteiger partial charge in [0, 0.05) is 32.9 Å². The predicted octanol–water partition coefficient (Wildman–Crippen LogP) is 0.566. The molecule has 126 valence electrons. The Kier molecular flexibility index (Phi) is 5.98. The molecule has 1 aliphatic heterocycles. The molecule has 0 aromatic heterocycles. The first kappa shape index (κ1) is 17.3. The van der Waals surface area contributed by atoms with Crippen molar-refractivity contribution in [3.63, 3.8) is 0 Å². The molecule has 0 unspecified atom stereocenters. The van der Waals surface area contributed by atoms with Crippen LogP contribution >= 0.6 is 0 Å². The lowest BCUT2D eigenvalue weighted by molar-refractivity contribution is -0.126. The van der Waals surface area contributed by atoms with Gasteiger partial charge < -0.3 is 16.0 Å². The number of likely N-dealkylation sites (tertiary alicyclic amines) is 1. The van der Waals surface area contributed by atoms with Crippen LogP contribution in [-0.2, 0) is 16.1 Å². The maximum absolute atomic E-state index is 12.1. The number of rotatable bonds is 6. The summed E-state index contributed by atoms with van der Waals surface area (Å²) < 4.78 is 0. The maximum atomic E-state index is 12.1. The first-order valence-corrected chi connectivity index (χ1v) is 8.00. The molecule has 23 heavy (non-hydrogen) atoms. The van der Waals surface area contributed by atoms with Crippen LogP contribution in [0.4, 0.5) is 5.69 Å². The Hall–Kier alpha value is -2.08. The second kappa shape index (κ2) is 7.97. The molecule has 0 radical (unpaired) electrons. The van der Waals surface area contributed by atoms with Crippen molar-refractivity contribution < 1.29 is 9.59 Å². The Morgan fingerprint density at radius 3 is 2.61 bits per heavy atom. The van der Waals surface area contributed by atoms with Gasteiger partial charge in [-0.1, -0.05) is 12.1 Å². The Labute approximate surface area is 137 Å². The van der Waals surface area contributed by atoms with Crippen molar-refractivity contribution in [1.29, 1.82) is 0 Å². The third-order valence-electron chi connectivity index (χ3n) is 4.22. The third kappa shape index (κ3) is 5.25. The third-order valence-corrected chi connectivity index (χ3v) is 4.22. The molecule has 3 N–H and O–H groups in total. The number of nitrogens with two attached hydrogens (primary N) is 1. The van der Waals surface area contributed by atoms with Crippen LogP contribution in [0.3, 0.4) is 0 Å². The largest absolute Gasteiger partial charge is 0.378 e. The average molecular weight is 318 g/mol. The molecule has 0 spiro atoms. The van der Waals surface area contributed by atoms with Crippen LogP contribution in [0, 0.1) is 5.92 Å². The normalized spacial score (nSPS) is 18.4. The second-order valence-electron chi connectivity index (χ2n) is 6.31. The number of anilines is 1. The zero-order valence-corrected chi connectivity index (χ0v) is 13.9. The van der Waals surface area contributed by atoms with Gasteiger partial charge in [0.25, 0.3) is 0 Å². The van der Waals surface area contributed by atoms with Gasteiger partial charge >= 0.3 is 0 Å². The Bertz CT molecular complexity index is 542. The summed E-state index contributed by atoms with van der Waals surface area (Å²) in [6, 6.07) is 8.09. The number of primary amides is 1. The quantitative estimate of drug-likeness (QED) is 0.803. The van der Waals surface area contributed by atoms with Crippen LogP contribution in [0.15, 0.2) is 24.3 Å². The number of nitrogens with zero attached hydrogens (tertiary/aromatic N) is 2. The van der Waals surface area contributed by atoms with Crippen LogP contribution in [-0.4, -0.2) is 50.4 Å². The highest BCUT2D eigenvalue weighted by atomic mass is 16.2. The standard InChI is InChI=1S/C17H26N4O2/c1-20(2)15-7-5-13(6-8-15)10-19-16(22)12-21-9-3-4-14(11-21)17(18)23/h5-8,14H,3-4,9-12H2,1-2H3,(H2,18,23)(H,19,22)/t14-/m1/s1. The molecule has 2 amide bonds. The first-order valence-electron chi connectivity index (χ1n) is 8.00. The van der Waals surface area contributed by atoms with Crippen LogP contribution in [0.5, 0.6) is 0 Å². The summed E-state index contributed by atoms with van der Waals surface area (Å²) in [6.45, 7) is 2.26. The van der Waals surface area contributed by atoms with E-state index in [1.165, 1.54) is 0 Å². The van der Waals surface area contributed by atoms with Gasteiger partial charge in [0.05, 0.1) is 12.5 Å². The molecular formula is C17H26N4O2. The van der Waals surface area contributed by atoms with Crippen LogP contribution in [0.25, 0.3) is 0 Å². The number of benzene rings is 1. The molecule has 1 saturated heterocycles. The molecular weight excluding hydrogens is 292 g/mol. The Morgan fingerprint density at radius 1 is 1.30 bits per heavy atom. The van der Waals surface area contributed by atoms with Gasteiger partial charge in [0.15, 0.2) is 0 Å². The lowest BCUT2D eigenvalue weighted by Crippen LogP contribution is -2.45. The van der Waals surface area contributed by atoms with Gasteiger partial charge in [-0.05, 0) is 37.1 Å². The molecule has 0 bridgehead atoms. The fraction of sp³-hybridized carbons (Fsp3) is 0.529. The molecule has 2 rings (SSSR count). The summed E-state index contributed by atoms with van der Waals surface area (Å²) in [4.78, 5) is 27.4. The van der Waals surface area contributed by atoms with Gasteiger partial charge in [-0.3, -0.25) is 14.5 Å². The number of piperidine rings is 1. The fourth-order valence-corrected chi connectivity index (χ4v) is 2.80. The summed E-state index contributed by atoms with van der Waals surface area (Å²) in [5, 5.41) is 2.93. The van der Waals surface area contributed by atoms with E-state index in [0.717, 1.165) is 30.6 Å². The highest BCUT2D eigenvalue weighted by Crippen LogP contribution is 2.15. The van der Waals surface area contributed by atoms with E-state index in [2.05, 4.69) is 5.32 Å². The van der Waals surface area contributed by atoms with Crippen molar-refractivity contribution in [1.82, 2.24) is 10.2 Å². The summed E-state index contributed by atoms with van der Waals surface area (Å²) in [5.41, 5.74) is 7.56. The topological polar surface area (TPSA) is 78.7 Å². The second-order valence-corrected chi connectivity index (χ2v) is 6.31. The number of hydrogen-bond acceptors (Lipinski definition) is 4.